The molecule has 1 rings (SSSR count). The number of aromatic hydroxyl groups is 1. The van der Waals surface area contributed by atoms with Crippen molar-refractivity contribution in [3.63, 3.8) is 0 Å². The number of nitrogens with one attached hydrogen (secondary N) is 1. The highest BCUT2D eigenvalue weighted by Crippen LogP contribution is 2.08. The molecule has 0 saturated carbocycles. The Morgan fingerprint density at radius 3 is 2.79 bits per heavy atom. The monoisotopic (exact) mass is 198 g/mol. The minimum absolute atomic E-state index is 0.0811. The van der Waals surface area contributed by atoms with Crippen LogP contribution >= 0.6 is 0 Å². The number of methoxy groups -OCH3 is 1. The fourth-order valence-corrected chi connectivity index (χ4v) is 0.971. The van der Waals surface area contributed by atoms with Gasteiger partial charge in [-0.15, -0.1) is 0 Å². The Labute approximate surface area is 79.6 Å². The number of H-pyrrole nitrogens is 1. The number of rotatable bonds is 2. The van der Waals surface area contributed by atoms with E-state index in [4.69, 9.17) is 0 Å². The molecular formula is C8H10N2O4. The lowest BCUT2D eigenvalue weighted by Gasteiger charge is -2.01. The standard InChI is InChI=1S/C8H10N2O4/c1-4-9-7(12)5(8(13)10-4)3-6(11)14-2/h3H2,1-2H3,(H2,9,10,12,13). The number of aromatic amines is 1. The first-order valence-corrected chi connectivity index (χ1v) is 3.90. The van der Waals surface area contributed by atoms with E-state index in [2.05, 4.69) is 14.7 Å². The Morgan fingerprint density at radius 1 is 1.64 bits per heavy atom. The Bertz CT molecular complexity index is 410. The zero-order valence-electron chi connectivity index (χ0n) is 7.83. The van der Waals surface area contributed by atoms with E-state index >= 15 is 0 Å². The summed E-state index contributed by atoms with van der Waals surface area (Å²) in [6.07, 6.45) is -0.287. The second-order valence-corrected chi connectivity index (χ2v) is 2.71. The van der Waals surface area contributed by atoms with Gasteiger partial charge in [-0.3, -0.25) is 9.59 Å². The molecule has 0 amide bonds. The number of esters is 1. The lowest BCUT2D eigenvalue weighted by atomic mass is 10.2. The fourth-order valence-electron chi connectivity index (χ4n) is 0.971. The van der Waals surface area contributed by atoms with Crippen molar-refractivity contribution < 1.29 is 14.6 Å². The third-order valence-corrected chi connectivity index (χ3v) is 1.66. The lowest BCUT2D eigenvalue weighted by Crippen LogP contribution is -2.19. The normalized spacial score (nSPS) is 9.86. The highest BCUT2D eigenvalue weighted by atomic mass is 16.5. The zero-order valence-corrected chi connectivity index (χ0v) is 7.83. The van der Waals surface area contributed by atoms with Crippen LogP contribution in [0.1, 0.15) is 11.4 Å². The number of aromatic nitrogens is 2. The van der Waals surface area contributed by atoms with Crippen LogP contribution in [0.5, 0.6) is 5.88 Å². The van der Waals surface area contributed by atoms with Crippen LogP contribution in [-0.2, 0) is 16.0 Å². The number of ether oxygens (including phenoxy) is 1. The van der Waals surface area contributed by atoms with Gasteiger partial charge in [-0.2, -0.15) is 0 Å². The molecule has 1 heterocycles. The SMILES string of the molecule is COC(=O)Cc1c(O)nc(C)[nH]c1=O. The topological polar surface area (TPSA) is 92.3 Å². The van der Waals surface area contributed by atoms with E-state index in [0.717, 1.165) is 0 Å². The first-order valence-electron chi connectivity index (χ1n) is 3.90. The number of hydrogen-bond donors (Lipinski definition) is 2. The average molecular weight is 198 g/mol. The van der Waals surface area contributed by atoms with Crippen LogP contribution in [-0.4, -0.2) is 28.2 Å². The molecule has 0 bridgehead atoms. The minimum Gasteiger partial charge on any atom is -0.493 e. The molecule has 0 aliphatic carbocycles. The van der Waals surface area contributed by atoms with Gasteiger partial charge in [0.1, 0.15) is 5.82 Å². The molecule has 0 unspecified atom stereocenters. The summed E-state index contributed by atoms with van der Waals surface area (Å²) in [5.74, 6) is -0.741. The van der Waals surface area contributed by atoms with Gasteiger partial charge in [-0.25, -0.2) is 4.98 Å². The average Bonchev–Trinajstić information content (AvgIpc) is 2.10. The highest BCUT2D eigenvalue weighted by Gasteiger charge is 2.13. The van der Waals surface area contributed by atoms with Crippen LogP contribution in [0.3, 0.4) is 0 Å². The van der Waals surface area contributed by atoms with Crippen LogP contribution < -0.4 is 5.56 Å². The Morgan fingerprint density at radius 2 is 2.29 bits per heavy atom. The van der Waals surface area contributed by atoms with Gasteiger partial charge < -0.3 is 14.8 Å². The van der Waals surface area contributed by atoms with Crippen molar-refractivity contribution in [2.24, 2.45) is 0 Å². The molecule has 0 aliphatic heterocycles. The number of nitrogens with zero attached hydrogens (tertiary/aromatic N) is 1. The first kappa shape index (κ1) is 10.2. The van der Waals surface area contributed by atoms with E-state index in [1.54, 1.807) is 0 Å². The van der Waals surface area contributed by atoms with Crippen molar-refractivity contribution in [3.8, 4) is 5.88 Å². The summed E-state index contributed by atoms with van der Waals surface area (Å²) in [6, 6.07) is 0. The van der Waals surface area contributed by atoms with E-state index in [-0.39, 0.29) is 12.0 Å². The Hall–Kier alpha value is -1.85. The van der Waals surface area contributed by atoms with Crippen molar-refractivity contribution in [3.05, 3.63) is 21.7 Å². The second kappa shape index (κ2) is 3.91. The number of carbonyl (C=O) groups is 1. The summed E-state index contributed by atoms with van der Waals surface area (Å²) in [5, 5.41) is 9.28. The molecule has 0 aromatic carbocycles. The first-order chi connectivity index (χ1) is 6.54. The molecule has 2 N–H and O–H groups in total. The molecule has 0 radical (unpaired) electrons. The van der Waals surface area contributed by atoms with Crippen molar-refractivity contribution in [2.75, 3.05) is 7.11 Å². The van der Waals surface area contributed by atoms with E-state index < -0.39 is 17.4 Å². The van der Waals surface area contributed by atoms with Gasteiger partial charge in [-0.1, -0.05) is 0 Å². The van der Waals surface area contributed by atoms with E-state index in [1.807, 2.05) is 0 Å². The van der Waals surface area contributed by atoms with Gasteiger partial charge in [0.25, 0.3) is 5.56 Å². The summed E-state index contributed by atoms with van der Waals surface area (Å²) in [7, 11) is 1.20. The number of aryl methyl sites for hydroxylation is 1. The van der Waals surface area contributed by atoms with Gasteiger partial charge in [0.15, 0.2) is 0 Å². The van der Waals surface area contributed by atoms with Crippen molar-refractivity contribution in [1.29, 1.82) is 0 Å². The van der Waals surface area contributed by atoms with Crippen LogP contribution in [0.25, 0.3) is 0 Å². The van der Waals surface area contributed by atoms with Gasteiger partial charge in [0.05, 0.1) is 19.1 Å². The largest absolute Gasteiger partial charge is 0.493 e. The lowest BCUT2D eigenvalue weighted by molar-refractivity contribution is -0.139. The van der Waals surface area contributed by atoms with E-state index in [0.29, 0.717) is 5.82 Å². The molecule has 1 aromatic heterocycles. The maximum Gasteiger partial charge on any atom is 0.310 e. The van der Waals surface area contributed by atoms with Crippen molar-refractivity contribution >= 4 is 5.97 Å². The smallest absolute Gasteiger partial charge is 0.310 e. The summed E-state index contributed by atoms with van der Waals surface area (Å²) in [6.45, 7) is 1.53. The van der Waals surface area contributed by atoms with Gasteiger partial charge in [-0.05, 0) is 6.92 Å². The van der Waals surface area contributed by atoms with Gasteiger partial charge in [0.2, 0.25) is 5.88 Å². The fraction of sp³-hybridized carbons (Fsp3) is 0.375. The van der Waals surface area contributed by atoms with Crippen molar-refractivity contribution in [1.82, 2.24) is 9.97 Å². The molecule has 76 valence electrons. The summed E-state index contributed by atoms with van der Waals surface area (Å²) >= 11 is 0. The molecule has 14 heavy (non-hydrogen) atoms. The molecule has 0 spiro atoms. The molecule has 0 saturated heterocycles. The van der Waals surface area contributed by atoms with E-state index in [1.165, 1.54) is 14.0 Å². The van der Waals surface area contributed by atoms with Gasteiger partial charge in [0, 0.05) is 0 Å². The van der Waals surface area contributed by atoms with Crippen LogP contribution in [0.15, 0.2) is 4.79 Å². The maximum atomic E-state index is 11.2. The Kier molecular flexibility index (Phi) is 2.85. The van der Waals surface area contributed by atoms with Crippen molar-refractivity contribution in [2.45, 2.75) is 13.3 Å². The molecule has 0 fully saturated rings. The van der Waals surface area contributed by atoms with Crippen LogP contribution in [0.2, 0.25) is 0 Å². The molecule has 6 nitrogen and oxygen atoms in total. The molecule has 0 atom stereocenters. The second-order valence-electron chi connectivity index (χ2n) is 2.71. The quantitative estimate of drug-likeness (QED) is 0.625. The highest BCUT2D eigenvalue weighted by molar-refractivity contribution is 5.72. The van der Waals surface area contributed by atoms with E-state index in [9.17, 15) is 14.7 Å². The third kappa shape index (κ3) is 2.09. The molecule has 6 heteroatoms. The number of hydrogen-bond acceptors (Lipinski definition) is 5. The molecule has 0 aliphatic rings. The summed E-state index contributed by atoms with van der Waals surface area (Å²) in [5.41, 5.74) is -0.608. The predicted molar refractivity (Wildman–Crippen MR) is 47.0 cm³/mol. The van der Waals surface area contributed by atoms with Crippen LogP contribution in [0.4, 0.5) is 0 Å². The minimum atomic E-state index is -0.601. The summed E-state index contributed by atoms with van der Waals surface area (Å²) in [4.78, 5) is 28.1. The number of carbonyl (C=O) groups excluding carboxylic acids is 1. The van der Waals surface area contributed by atoms with Gasteiger partial charge >= 0.3 is 5.97 Å². The molecule has 1 aromatic rings. The molecular weight excluding hydrogens is 188 g/mol. The maximum absolute atomic E-state index is 11.2. The van der Waals surface area contributed by atoms with Crippen LogP contribution in [0, 0.1) is 6.92 Å². The summed E-state index contributed by atoms with van der Waals surface area (Å²) < 4.78 is 4.36. The third-order valence-electron chi connectivity index (χ3n) is 1.66. The predicted octanol–water partition coefficient (Wildman–Crippen LogP) is -0.501. The Balaban J connectivity index is 3.09. The zero-order chi connectivity index (χ0) is 10.7.